The topological polar surface area (TPSA) is 41.6 Å². The first-order chi connectivity index (χ1) is 8.48. The first-order valence-electron chi connectivity index (χ1n) is 5.53. The van der Waals surface area contributed by atoms with Gasteiger partial charge in [-0.25, -0.2) is 8.78 Å². The molecule has 0 bridgehead atoms. The van der Waals surface area contributed by atoms with Crippen molar-refractivity contribution in [2.24, 2.45) is 0 Å². The van der Waals surface area contributed by atoms with Gasteiger partial charge in [-0.1, -0.05) is 0 Å². The van der Waals surface area contributed by atoms with Crippen molar-refractivity contribution in [3.63, 3.8) is 0 Å². The number of amides is 1. The highest BCUT2D eigenvalue weighted by atomic mass is 19.3. The molecule has 98 valence electrons. The summed E-state index contributed by atoms with van der Waals surface area (Å²) in [6.07, 6.45) is 0. The molecule has 1 saturated heterocycles. The van der Waals surface area contributed by atoms with E-state index < -0.39 is 5.92 Å². The van der Waals surface area contributed by atoms with E-state index >= 15 is 0 Å². The van der Waals surface area contributed by atoms with E-state index in [4.69, 9.17) is 4.74 Å². The SMILES string of the molecule is COc1ccc(NC(=O)CN2CC(F)(F)C2)cc1. The van der Waals surface area contributed by atoms with Gasteiger partial charge in [-0.15, -0.1) is 0 Å². The number of methoxy groups -OCH3 is 1. The lowest BCUT2D eigenvalue weighted by atomic mass is 10.1. The third-order valence-electron chi connectivity index (χ3n) is 2.65. The molecule has 1 heterocycles. The van der Waals surface area contributed by atoms with Crippen LogP contribution >= 0.6 is 0 Å². The van der Waals surface area contributed by atoms with Crippen LogP contribution in [0.15, 0.2) is 24.3 Å². The summed E-state index contributed by atoms with van der Waals surface area (Å²) >= 11 is 0. The van der Waals surface area contributed by atoms with Gasteiger partial charge in [0, 0.05) is 5.69 Å². The van der Waals surface area contributed by atoms with E-state index in [2.05, 4.69) is 5.32 Å². The summed E-state index contributed by atoms with van der Waals surface area (Å²) in [6, 6.07) is 6.82. The Labute approximate surface area is 104 Å². The zero-order valence-electron chi connectivity index (χ0n) is 9.95. The molecule has 1 aromatic carbocycles. The summed E-state index contributed by atoms with van der Waals surface area (Å²) in [4.78, 5) is 13.0. The standard InChI is InChI=1S/C12H14F2N2O2/c1-18-10-4-2-9(3-5-10)15-11(17)6-16-7-12(13,14)8-16/h2-5H,6-8H2,1H3,(H,15,17). The van der Waals surface area contributed by atoms with Gasteiger partial charge in [-0.05, 0) is 24.3 Å². The van der Waals surface area contributed by atoms with Crippen LogP contribution in [-0.2, 0) is 4.79 Å². The minimum atomic E-state index is -2.64. The smallest absolute Gasteiger partial charge is 0.272 e. The van der Waals surface area contributed by atoms with Crippen LogP contribution in [0.25, 0.3) is 0 Å². The van der Waals surface area contributed by atoms with Crippen molar-refractivity contribution in [2.75, 3.05) is 32.1 Å². The van der Waals surface area contributed by atoms with Gasteiger partial charge >= 0.3 is 0 Å². The lowest BCUT2D eigenvalue weighted by Crippen LogP contribution is -2.57. The molecule has 1 aromatic rings. The number of hydrogen-bond donors (Lipinski definition) is 1. The number of carbonyl (C=O) groups is 1. The lowest BCUT2D eigenvalue weighted by Gasteiger charge is -2.37. The van der Waals surface area contributed by atoms with Crippen molar-refractivity contribution < 1.29 is 18.3 Å². The van der Waals surface area contributed by atoms with E-state index in [0.29, 0.717) is 11.4 Å². The first-order valence-corrected chi connectivity index (χ1v) is 5.53. The molecule has 6 heteroatoms. The van der Waals surface area contributed by atoms with E-state index in [9.17, 15) is 13.6 Å². The van der Waals surface area contributed by atoms with E-state index in [1.54, 1.807) is 31.4 Å². The molecular formula is C12H14F2N2O2. The number of alkyl halides is 2. The van der Waals surface area contributed by atoms with E-state index in [0.717, 1.165) is 0 Å². The van der Waals surface area contributed by atoms with E-state index in [-0.39, 0.29) is 25.5 Å². The predicted octanol–water partition coefficient (Wildman–Crippen LogP) is 1.58. The molecule has 1 N–H and O–H groups in total. The van der Waals surface area contributed by atoms with Gasteiger partial charge in [0.05, 0.1) is 26.7 Å². The number of likely N-dealkylation sites (tertiary alicyclic amines) is 1. The predicted molar refractivity (Wildman–Crippen MR) is 63.0 cm³/mol. The highest BCUT2D eigenvalue weighted by Gasteiger charge is 2.44. The second kappa shape index (κ2) is 4.89. The van der Waals surface area contributed by atoms with Gasteiger partial charge in [-0.2, -0.15) is 0 Å². The van der Waals surface area contributed by atoms with Crippen LogP contribution in [0.2, 0.25) is 0 Å². The summed E-state index contributed by atoms with van der Waals surface area (Å²) in [5, 5.41) is 2.64. The molecule has 1 aliphatic heterocycles. The van der Waals surface area contributed by atoms with Crippen LogP contribution in [-0.4, -0.2) is 43.5 Å². The van der Waals surface area contributed by atoms with Crippen molar-refractivity contribution in [3.05, 3.63) is 24.3 Å². The molecule has 18 heavy (non-hydrogen) atoms. The molecule has 0 saturated carbocycles. The molecule has 0 aromatic heterocycles. The Morgan fingerprint density at radius 2 is 2.00 bits per heavy atom. The maximum absolute atomic E-state index is 12.6. The Hall–Kier alpha value is -1.69. The van der Waals surface area contributed by atoms with Gasteiger partial charge < -0.3 is 10.1 Å². The molecule has 1 amide bonds. The maximum atomic E-state index is 12.6. The van der Waals surface area contributed by atoms with Crippen molar-refractivity contribution in [3.8, 4) is 5.75 Å². The van der Waals surface area contributed by atoms with Crippen LogP contribution in [0.3, 0.4) is 0 Å². The minimum absolute atomic E-state index is 0.0123. The number of nitrogens with zero attached hydrogens (tertiary/aromatic N) is 1. The molecule has 2 rings (SSSR count). The molecule has 1 aliphatic rings. The zero-order valence-corrected chi connectivity index (χ0v) is 9.95. The number of benzene rings is 1. The first kappa shape index (κ1) is 12.8. The Bertz CT molecular complexity index is 426. The molecule has 1 fully saturated rings. The average Bonchev–Trinajstić information content (AvgIpc) is 2.27. The van der Waals surface area contributed by atoms with Gasteiger partial charge in [0.1, 0.15) is 5.75 Å². The quantitative estimate of drug-likeness (QED) is 0.889. The van der Waals surface area contributed by atoms with Gasteiger partial charge in [0.15, 0.2) is 0 Å². The number of carbonyl (C=O) groups excluding carboxylic acids is 1. The highest BCUT2D eigenvalue weighted by molar-refractivity contribution is 5.92. The molecular weight excluding hydrogens is 242 g/mol. The normalized spacial score (nSPS) is 17.9. The third kappa shape index (κ3) is 3.16. The van der Waals surface area contributed by atoms with Crippen molar-refractivity contribution in [1.82, 2.24) is 4.90 Å². The number of hydrogen-bond acceptors (Lipinski definition) is 3. The maximum Gasteiger partial charge on any atom is 0.272 e. The summed E-state index contributed by atoms with van der Waals surface area (Å²) in [7, 11) is 1.55. The summed E-state index contributed by atoms with van der Waals surface area (Å²) in [6.45, 7) is -0.701. The van der Waals surface area contributed by atoms with Crippen LogP contribution in [0.4, 0.5) is 14.5 Å². The van der Waals surface area contributed by atoms with Crippen molar-refractivity contribution in [2.45, 2.75) is 5.92 Å². The van der Waals surface area contributed by atoms with E-state index in [1.165, 1.54) is 4.90 Å². The monoisotopic (exact) mass is 256 g/mol. The Morgan fingerprint density at radius 3 is 2.50 bits per heavy atom. The van der Waals surface area contributed by atoms with Crippen LogP contribution < -0.4 is 10.1 Å². The van der Waals surface area contributed by atoms with Crippen LogP contribution in [0, 0.1) is 0 Å². The molecule has 0 aliphatic carbocycles. The highest BCUT2D eigenvalue weighted by Crippen LogP contribution is 2.26. The summed E-state index contributed by atoms with van der Waals surface area (Å²) in [5.74, 6) is -2.24. The Kier molecular flexibility index (Phi) is 3.47. The molecule has 0 radical (unpaired) electrons. The second-order valence-corrected chi connectivity index (χ2v) is 4.28. The molecule has 0 unspecified atom stereocenters. The number of rotatable bonds is 4. The lowest BCUT2D eigenvalue weighted by molar-refractivity contribution is -0.141. The van der Waals surface area contributed by atoms with Crippen molar-refractivity contribution in [1.29, 1.82) is 0 Å². The van der Waals surface area contributed by atoms with Crippen LogP contribution in [0.1, 0.15) is 0 Å². The minimum Gasteiger partial charge on any atom is -0.497 e. The van der Waals surface area contributed by atoms with Gasteiger partial charge in [0.2, 0.25) is 5.91 Å². The fourth-order valence-electron chi connectivity index (χ4n) is 1.80. The van der Waals surface area contributed by atoms with Gasteiger partial charge in [0.25, 0.3) is 5.92 Å². The van der Waals surface area contributed by atoms with Crippen molar-refractivity contribution >= 4 is 11.6 Å². The largest absolute Gasteiger partial charge is 0.497 e. The van der Waals surface area contributed by atoms with E-state index in [1.807, 2.05) is 0 Å². The second-order valence-electron chi connectivity index (χ2n) is 4.28. The Morgan fingerprint density at radius 1 is 1.39 bits per heavy atom. The van der Waals surface area contributed by atoms with Gasteiger partial charge in [-0.3, -0.25) is 9.69 Å². The zero-order chi connectivity index (χ0) is 13.2. The fourth-order valence-corrected chi connectivity index (χ4v) is 1.80. The Balaban J connectivity index is 1.80. The number of ether oxygens (including phenoxy) is 1. The number of anilines is 1. The van der Waals surface area contributed by atoms with Crippen LogP contribution in [0.5, 0.6) is 5.75 Å². The number of nitrogens with one attached hydrogen (secondary N) is 1. The molecule has 0 atom stereocenters. The average molecular weight is 256 g/mol. The molecule has 0 spiro atoms. The number of halogens is 2. The fraction of sp³-hybridized carbons (Fsp3) is 0.417. The summed E-state index contributed by atoms with van der Waals surface area (Å²) in [5.41, 5.74) is 0.619. The third-order valence-corrected chi connectivity index (χ3v) is 2.65. The molecule has 4 nitrogen and oxygen atoms in total. The summed E-state index contributed by atoms with van der Waals surface area (Å²) < 4.78 is 30.1.